The number of benzene rings is 2. The monoisotopic (exact) mass is 407 g/mol. The van der Waals surface area contributed by atoms with Crippen LogP contribution in [0.15, 0.2) is 54.7 Å². The maximum Gasteiger partial charge on any atom is 0.278 e. The second-order valence-corrected chi connectivity index (χ2v) is 7.09. The fourth-order valence-electron chi connectivity index (χ4n) is 3.94. The second-order valence-electron chi connectivity index (χ2n) is 7.09. The Morgan fingerprint density at radius 2 is 1.77 bits per heavy atom. The van der Waals surface area contributed by atoms with Crippen LogP contribution in [0.4, 0.5) is 0 Å². The molecule has 2 heterocycles. The minimum Gasteiger partial charge on any atom is -0.497 e. The maximum atomic E-state index is 13.5. The summed E-state index contributed by atoms with van der Waals surface area (Å²) in [6, 6.07) is 15.2. The van der Waals surface area contributed by atoms with Crippen molar-refractivity contribution in [3.05, 3.63) is 66.0 Å². The van der Waals surface area contributed by atoms with Crippen molar-refractivity contribution >= 4 is 5.91 Å². The van der Waals surface area contributed by atoms with Gasteiger partial charge in [-0.2, -0.15) is 5.10 Å². The molecule has 0 saturated carbocycles. The topological polar surface area (TPSA) is 65.8 Å². The van der Waals surface area contributed by atoms with Gasteiger partial charge < -0.3 is 19.1 Å². The van der Waals surface area contributed by atoms with Crippen molar-refractivity contribution in [1.82, 2.24) is 14.7 Å². The average molecular weight is 407 g/mol. The van der Waals surface area contributed by atoms with E-state index in [2.05, 4.69) is 5.10 Å². The Balaban J connectivity index is 1.69. The minimum atomic E-state index is -0.158. The van der Waals surface area contributed by atoms with E-state index in [0.29, 0.717) is 18.0 Å². The largest absolute Gasteiger partial charge is 0.497 e. The third kappa shape index (κ3) is 3.58. The van der Waals surface area contributed by atoms with Gasteiger partial charge in [-0.3, -0.25) is 4.79 Å². The van der Waals surface area contributed by atoms with Crippen LogP contribution in [0.1, 0.15) is 34.9 Å². The lowest BCUT2D eigenvalue weighted by atomic mass is 10.0. The molecule has 0 N–H and O–H groups in total. The molecule has 7 nitrogen and oxygen atoms in total. The van der Waals surface area contributed by atoms with E-state index in [1.807, 2.05) is 53.4 Å². The number of methoxy groups -OCH3 is 3. The number of amides is 1. The number of hydrogen-bond donors (Lipinski definition) is 0. The summed E-state index contributed by atoms with van der Waals surface area (Å²) in [5.74, 6) is 1.76. The lowest BCUT2D eigenvalue weighted by molar-refractivity contribution is 0.0724. The number of nitrogens with zero attached hydrogens (tertiary/aromatic N) is 3. The highest BCUT2D eigenvalue weighted by Gasteiger charge is 2.35. The molecule has 0 unspecified atom stereocenters. The zero-order chi connectivity index (χ0) is 21.1. The summed E-state index contributed by atoms with van der Waals surface area (Å²) in [6.45, 7) is 0.644. The molecular formula is C23H25N3O4. The van der Waals surface area contributed by atoms with Gasteiger partial charge in [-0.15, -0.1) is 0 Å². The Kier molecular flexibility index (Phi) is 5.61. The van der Waals surface area contributed by atoms with E-state index >= 15 is 0 Å². The van der Waals surface area contributed by atoms with Crippen molar-refractivity contribution in [1.29, 1.82) is 0 Å². The van der Waals surface area contributed by atoms with Crippen molar-refractivity contribution in [3.63, 3.8) is 0 Å². The van der Waals surface area contributed by atoms with E-state index in [1.54, 1.807) is 32.2 Å². The highest BCUT2D eigenvalue weighted by Crippen LogP contribution is 2.40. The van der Waals surface area contributed by atoms with Gasteiger partial charge in [0.1, 0.15) is 11.5 Å². The van der Waals surface area contributed by atoms with Crippen LogP contribution in [0.2, 0.25) is 0 Å². The van der Waals surface area contributed by atoms with Gasteiger partial charge in [-0.05, 0) is 43.2 Å². The normalized spacial score (nSPS) is 15.8. The molecule has 2 aromatic carbocycles. The molecule has 1 aliphatic heterocycles. The third-order valence-electron chi connectivity index (χ3n) is 5.43. The highest BCUT2D eigenvalue weighted by atomic mass is 16.5. The second kappa shape index (κ2) is 8.49. The molecular weight excluding hydrogens is 382 g/mol. The minimum absolute atomic E-state index is 0.117. The SMILES string of the molecule is COc1ccc(OC)c([C@@H]2CCCN2C(=O)c2nn(-c3ccccc3)cc2OC)c1. The number of ether oxygens (including phenoxy) is 3. The van der Waals surface area contributed by atoms with Gasteiger partial charge in [0.15, 0.2) is 11.4 Å². The summed E-state index contributed by atoms with van der Waals surface area (Å²) >= 11 is 0. The Morgan fingerprint density at radius 3 is 2.47 bits per heavy atom. The molecule has 1 fully saturated rings. The van der Waals surface area contributed by atoms with Gasteiger partial charge in [0.2, 0.25) is 0 Å². The Bertz CT molecular complexity index is 1030. The smallest absolute Gasteiger partial charge is 0.278 e. The van der Waals surface area contributed by atoms with Gasteiger partial charge in [-0.25, -0.2) is 4.68 Å². The zero-order valence-electron chi connectivity index (χ0n) is 17.4. The van der Waals surface area contributed by atoms with E-state index in [1.165, 1.54) is 0 Å². The van der Waals surface area contributed by atoms with Crippen LogP contribution < -0.4 is 14.2 Å². The standard InChI is InChI=1S/C23H25N3O4/c1-28-17-11-12-20(29-2)18(14-17)19-10-7-13-25(19)23(27)22-21(30-3)15-26(24-22)16-8-5-4-6-9-16/h4-6,8-9,11-12,14-15,19H,7,10,13H2,1-3H3/t19-/m0/s1. The molecule has 30 heavy (non-hydrogen) atoms. The lowest BCUT2D eigenvalue weighted by Gasteiger charge is -2.26. The number of hydrogen-bond acceptors (Lipinski definition) is 5. The van der Waals surface area contributed by atoms with Gasteiger partial charge in [0.25, 0.3) is 5.91 Å². The van der Waals surface area contributed by atoms with Crippen LogP contribution in [0, 0.1) is 0 Å². The first-order chi connectivity index (χ1) is 14.7. The summed E-state index contributed by atoms with van der Waals surface area (Å²) in [5, 5.41) is 4.54. The predicted molar refractivity (Wildman–Crippen MR) is 113 cm³/mol. The van der Waals surface area contributed by atoms with E-state index in [0.717, 1.165) is 35.6 Å². The van der Waals surface area contributed by atoms with Crippen molar-refractivity contribution in [3.8, 4) is 22.9 Å². The summed E-state index contributed by atoms with van der Waals surface area (Å²) < 4.78 is 18.1. The van der Waals surface area contributed by atoms with E-state index in [9.17, 15) is 4.79 Å². The predicted octanol–water partition coefficient (Wildman–Crippen LogP) is 3.88. The van der Waals surface area contributed by atoms with E-state index in [4.69, 9.17) is 14.2 Å². The maximum absolute atomic E-state index is 13.5. The number of aromatic nitrogens is 2. The van der Waals surface area contributed by atoms with E-state index in [-0.39, 0.29) is 11.9 Å². The first-order valence-corrected chi connectivity index (χ1v) is 9.88. The van der Waals surface area contributed by atoms with Crippen molar-refractivity contribution in [2.24, 2.45) is 0 Å². The Morgan fingerprint density at radius 1 is 1.00 bits per heavy atom. The van der Waals surface area contributed by atoms with Gasteiger partial charge >= 0.3 is 0 Å². The fraction of sp³-hybridized carbons (Fsp3) is 0.304. The van der Waals surface area contributed by atoms with E-state index < -0.39 is 0 Å². The number of rotatable bonds is 6. The lowest BCUT2D eigenvalue weighted by Crippen LogP contribution is -2.31. The number of para-hydroxylation sites is 1. The van der Waals surface area contributed by atoms with Crippen molar-refractivity contribution in [2.75, 3.05) is 27.9 Å². The molecule has 3 aromatic rings. The number of likely N-dealkylation sites (tertiary alicyclic amines) is 1. The first kappa shape index (κ1) is 19.8. The molecule has 4 rings (SSSR count). The summed E-state index contributed by atoms with van der Waals surface area (Å²) in [6.07, 6.45) is 3.48. The van der Waals surface area contributed by atoms with Crippen LogP contribution in [-0.2, 0) is 0 Å². The molecule has 1 aliphatic rings. The molecule has 0 radical (unpaired) electrons. The van der Waals surface area contributed by atoms with Crippen LogP contribution >= 0.6 is 0 Å². The average Bonchev–Trinajstić information content (AvgIpc) is 3.46. The Labute approximate surface area is 175 Å². The third-order valence-corrected chi connectivity index (χ3v) is 5.43. The highest BCUT2D eigenvalue weighted by molar-refractivity contribution is 5.95. The molecule has 1 saturated heterocycles. The molecule has 0 bridgehead atoms. The molecule has 7 heteroatoms. The van der Waals surface area contributed by atoms with Gasteiger partial charge in [0.05, 0.1) is 39.3 Å². The molecule has 1 amide bonds. The summed E-state index contributed by atoms with van der Waals surface area (Å²) in [5.41, 5.74) is 2.10. The van der Waals surface area contributed by atoms with Gasteiger partial charge in [0, 0.05) is 12.1 Å². The number of carbonyl (C=O) groups is 1. The van der Waals surface area contributed by atoms with Crippen molar-refractivity contribution in [2.45, 2.75) is 18.9 Å². The zero-order valence-corrected chi connectivity index (χ0v) is 17.4. The quantitative estimate of drug-likeness (QED) is 0.621. The van der Waals surface area contributed by atoms with Crippen LogP contribution in [-0.4, -0.2) is 48.5 Å². The molecule has 1 aromatic heterocycles. The summed E-state index contributed by atoms with van der Waals surface area (Å²) in [4.78, 5) is 15.4. The molecule has 0 aliphatic carbocycles. The van der Waals surface area contributed by atoms with Crippen LogP contribution in [0.25, 0.3) is 5.69 Å². The molecule has 1 atom stereocenters. The first-order valence-electron chi connectivity index (χ1n) is 9.88. The number of carbonyl (C=O) groups excluding carboxylic acids is 1. The van der Waals surface area contributed by atoms with Crippen molar-refractivity contribution < 1.29 is 19.0 Å². The molecule has 0 spiro atoms. The summed E-state index contributed by atoms with van der Waals surface area (Å²) in [7, 11) is 4.82. The molecule has 156 valence electrons. The Hall–Kier alpha value is -3.48. The van der Waals surface area contributed by atoms with Crippen LogP contribution in [0.3, 0.4) is 0 Å². The fourth-order valence-corrected chi connectivity index (χ4v) is 3.94. The van der Waals surface area contributed by atoms with Crippen LogP contribution in [0.5, 0.6) is 17.2 Å². The van der Waals surface area contributed by atoms with Gasteiger partial charge in [-0.1, -0.05) is 18.2 Å².